The summed E-state index contributed by atoms with van der Waals surface area (Å²) in [6.07, 6.45) is 4.42. The van der Waals surface area contributed by atoms with Gasteiger partial charge in [-0.2, -0.15) is 4.98 Å². The smallest absolute Gasteiger partial charge is 0.213 e. The van der Waals surface area contributed by atoms with Gasteiger partial charge in [0.15, 0.2) is 5.82 Å². The normalized spacial score (nSPS) is 14.3. The molecule has 1 aliphatic carbocycles. The summed E-state index contributed by atoms with van der Waals surface area (Å²) in [4.78, 5) is 13.2. The van der Waals surface area contributed by atoms with Gasteiger partial charge in [-0.25, -0.2) is 9.97 Å². The molecule has 106 valence electrons. The lowest BCUT2D eigenvalue weighted by molar-refractivity contribution is 0.410. The summed E-state index contributed by atoms with van der Waals surface area (Å²) in [5.41, 5.74) is 1.03. The van der Waals surface area contributed by atoms with Crippen LogP contribution in [0.5, 0.6) is 0 Å². The third kappa shape index (κ3) is 2.71. The second kappa shape index (κ2) is 5.44. The van der Waals surface area contributed by atoms with E-state index >= 15 is 0 Å². The Bertz CT molecular complexity index is 579. The number of rotatable bonds is 6. The molecule has 1 aliphatic rings. The molecule has 0 amide bonds. The van der Waals surface area contributed by atoms with E-state index in [1.807, 2.05) is 14.0 Å². The molecule has 0 aliphatic heterocycles. The molecule has 0 atom stereocenters. The Kier molecular flexibility index (Phi) is 3.49. The quantitative estimate of drug-likeness (QED) is 0.829. The van der Waals surface area contributed by atoms with Crippen molar-refractivity contribution in [1.82, 2.24) is 20.1 Å². The summed E-state index contributed by atoms with van der Waals surface area (Å²) >= 11 is 0. The summed E-state index contributed by atoms with van der Waals surface area (Å²) in [5.74, 6) is 3.93. The maximum Gasteiger partial charge on any atom is 0.213 e. The number of hydrogen-bond donors (Lipinski definition) is 2. The van der Waals surface area contributed by atoms with Crippen molar-refractivity contribution in [3.05, 3.63) is 23.6 Å². The average Bonchev–Trinajstić information content (AvgIpc) is 3.18. The van der Waals surface area contributed by atoms with Crippen LogP contribution >= 0.6 is 0 Å². The second-order valence-corrected chi connectivity index (χ2v) is 4.95. The summed E-state index contributed by atoms with van der Waals surface area (Å²) < 4.78 is 4.71. The monoisotopic (exact) mass is 274 g/mol. The lowest BCUT2D eigenvalue weighted by atomic mass is 10.2. The Morgan fingerprint density at radius 3 is 2.75 bits per heavy atom. The maximum atomic E-state index is 4.71. The average molecular weight is 274 g/mol. The highest BCUT2D eigenvalue weighted by Gasteiger charge is 2.28. The van der Waals surface area contributed by atoms with Crippen LogP contribution in [0.1, 0.15) is 36.0 Å². The van der Waals surface area contributed by atoms with Crippen LogP contribution in [0.3, 0.4) is 0 Å². The summed E-state index contributed by atoms with van der Waals surface area (Å²) in [6.45, 7) is 2.73. The van der Waals surface area contributed by atoms with Gasteiger partial charge in [0.1, 0.15) is 17.5 Å². The standard InChI is InChI=1S/C13H18N6O/c1-8-11(14-2)17-13(9-3-4-9)18-12(8)15-6-5-10-16-7-20-19-10/h7,9H,3-6H2,1-2H3,(H2,14,15,17,18). The van der Waals surface area contributed by atoms with E-state index < -0.39 is 0 Å². The zero-order valence-electron chi connectivity index (χ0n) is 11.7. The van der Waals surface area contributed by atoms with Gasteiger partial charge in [-0.3, -0.25) is 0 Å². The first-order chi connectivity index (χ1) is 9.78. The molecule has 3 rings (SSSR count). The number of nitrogens with zero attached hydrogens (tertiary/aromatic N) is 4. The van der Waals surface area contributed by atoms with Gasteiger partial charge in [-0.1, -0.05) is 5.16 Å². The largest absolute Gasteiger partial charge is 0.373 e. The molecule has 1 fully saturated rings. The minimum Gasteiger partial charge on any atom is -0.373 e. The van der Waals surface area contributed by atoms with Gasteiger partial charge in [0, 0.05) is 31.5 Å². The van der Waals surface area contributed by atoms with Gasteiger partial charge in [0.2, 0.25) is 6.39 Å². The number of anilines is 2. The first-order valence-corrected chi connectivity index (χ1v) is 6.83. The number of nitrogens with one attached hydrogen (secondary N) is 2. The molecule has 7 heteroatoms. The molecule has 0 spiro atoms. The molecule has 0 unspecified atom stereocenters. The van der Waals surface area contributed by atoms with E-state index in [4.69, 9.17) is 4.52 Å². The SMILES string of the molecule is CNc1nc(C2CC2)nc(NCCc2ncon2)c1C. The molecule has 2 aromatic rings. The van der Waals surface area contributed by atoms with Crippen LogP contribution in [-0.2, 0) is 6.42 Å². The predicted octanol–water partition coefficient (Wildman–Crippen LogP) is 1.74. The van der Waals surface area contributed by atoms with Crippen molar-refractivity contribution in [3.8, 4) is 0 Å². The van der Waals surface area contributed by atoms with Crippen LogP contribution in [0.25, 0.3) is 0 Å². The first kappa shape index (κ1) is 12.8. The van der Waals surface area contributed by atoms with Gasteiger partial charge in [0.25, 0.3) is 0 Å². The molecular formula is C13H18N6O. The molecule has 2 N–H and O–H groups in total. The number of aromatic nitrogens is 4. The van der Waals surface area contributed by atoms with Crippen molar-refractivity contribution in [3.63, 3.8) is 0 Å². The van der Waals surface area contributed by atoms with E-state index in [2.05, 4.69) is 30.7 Å². The van der Waals surface area contributed by atoms with Crippen molar-refractivity contribution >= 4 is 11.6 Å². The van der Waals surface area contributed by atoms with Gasteiger partial charge in [-0.05, 0) is 19.8 Å². The fourth-order valence-corrected chi connectivity index (χ4v) is 2.07. The van der Waals surface area contributed by atoms with Gasteiger partial charge < -0.3 is 15.2 Å². The van der Waals surface area contributed by atoms with Gasteiger partial charge in [-0.15, -0.1) is 0 Å². The summed E-state index contributed by atoms with van der Waals surface area (Å²) in [6, 6.07) is 0. The van der Waals surface area contributed by atoms with Crippen molar-refractivity contribution in [2.24, 2.45) is 0 Å². The minimum atomic E-state index is 0.528. The second-order valence-electron chi connectivity index (χ2n) is 4.95. The Balaban J connectivity index is 1.72. The molecule has 1 saturated carbocycles. The van der Waals surface area contributed by atoms with Crippen LogP contribution in [0.15, 0.2) is 10.9 Å². The summed E-state index contributed by atoms with van der Waals surface area (Å²) in [5, 5.41) is 10.3. The third-order valence-corrected chi connectivity index (χ3v) is 3.39. The molecule has 0 aromatic carbocycles. The van der Waals surface area contributed by atoms with E-state index in [0.717, 1.165) is 23.0 Å². The molecule has 2 heterocycles. The third-order valence-electron chi connectivity index (χ3n) is 3.39. The zero-order chi connectivity index (χ0) is 13.9. The first-order valence-electron chi connectivity index (χ1n) is 6.83. The summed E-state index contributed by atoms with van der Waals surface area (Å²) in [7, 11) is 1.88. The van der Waals surface area contributed by atoms with E-state index in [0.29, 0.717) is 24.7 Å². The van der Waals surface area contributed by atoms with Crippen molar-refractivity contribution in [1.29, 1.82) is 0 Å². The topological polar surface area (TPSA) is 88.8 Å². The van der Waals surface area contributed by atoms with Crippen molar-refractivity contribution in [2.45, 2.75) is 32.1 Å². The van der Waals surface area contributed by atoms with Gasteiger partial charge in [0.05, 0.1) is 0 Å². The van der Waals surface area contributed by atoms with Crippen LogP contribution in [0.4, 0.5) is 11.6 Å². The molecule has 2 aromatic heterocycles. The van der Waals surface area contributed by atoms with Crippen LogP contribution in [0, 0.1) is 6.92 Å². The fraction of sp³-hybridized carbons (Fsp3) is 0.538. The number of hydrogen-bond acceptors (Lipinski definition) is 7. The van der Waals surface area contributed by atoms with E-state index in [9.17, 15) is 0 Å². The Labute approximate surface area is 117 Å². The molecule has 20 heavy (non-hydrogen) atoms. The van der Waals surface area contributed by atoms with E-state index in [1.165, 1.54) is 19.2 Å². The highest BCUT2D eigenvalue weighted by Crippen LogP contribution is 2.39. The highest BCUT2D eigenvalue weighted by molar-refractivity contribution is 5.57. The zero-order valence-corrected chi connectivity index (χ0v) is 11.7. The Hall–Kier alpha value is -2.18. The van der Waals surface area contributed by atoms with Crippen molar-refractivity contribution < 1.29 is 4.52 Å². The molecule has 0 bridgehead atoms. The Morgan fingerprint density at radius 2 is 2.10 bits per heavy atom. The fourth-order valence-electron chi connectivity index (χ4n) is 2.07. The lowest BCUT2D eigenvalue weighted by Crippen LogP contribution is -2.12. The van der Waals surface area contributed by atoms with Gasteiger partial charge >= 0.3 is 0 Å². The van der Waals surface area contributed by atoms with Crippen molar-refractivity contribution in [2.75, 3.05) is 24.2 Å². The predicted molar refractivity (Wildman–Crippen MR) is 74.8 cm³/mol. The minimum absolute atomic E-state index is 0.528. The van der Waals surface area contributed by atoms with Crippen LogP contribution in [0.2, 0.25) is 0 Å². The van der Waals surface area contributed by atoms with Crippen LogP contribution < -0.4 is 10.6 Å². The maximum absolute atomic E-state index is 4.71. The Morgan fingerprint density at radius 1 is 1.30 bits per heavy atom. The molecular weight excluding hydrogens is 256 g/mol. The highest BCUT2D eigenvalue weighted by atomic mass is 16.5. The van der Waals surface area contributed by atoms with E-state index in [1.54, 1.807) is 0 Å². The molecule has 0 saturated heterocycles. The van der Waals surface area contributed by atoms with Crippen LogP contribution in [-0.4, -0.2) is 33.7 Å². The molecule has 7 nitrogen and oxygen atoms in total. The molecule has 0 radical (unpaired) electrons. The van der Waals surface area contributed by atoms with E-state index in [-0.39, 0.29) is 0 Å². The lowest BCUT2D eigenvalue weighted by Gasteiger charge is -2.13.